The molecule has 0 unspecified atom stereocenters. The van der Waals surface area contributed by atoms with E-state index in [0.717, 1.165) is 12.0 Å². The molecule has 1 aliphatic rings. The Hall–Kier alpha value is -2.30. The number of nitrogens with one attached hydrogen (secondary N) is 1. The van der Waals surface area contributed by atoms with Crippen molar-refractivity contribution in [2.75, 3.05) is 18.8 Å². The van der Waals surface area contributed by atoms with Gasteiger partial charge in [-0.25, -0.2) is 22.4 Å². The number of aromatic nitrogens is 5. The second-order valence-electron chi connectivity index (χ2n) is 7.10. The molecule has 1 N–H and O–H groups in total. The van der Waals surface area contributed by atoms with Crippen LogP contribution in [-0.4, -0.2) is 56.5 Å². The zero-order chi connectivity index (χ0) is 20.6. The van der Waals surface area contributed by atoms with Gasteiger partial charge < -0.3 is 4.98 Å². The van der Waals surface area contributed by atoms with Crippen LogP contribution in [0.2, 0.25) is 5.02 Å². The Labute approximate surface area is 172 Å². The van der Waals surface area contributed by atoms with E-state index < -0.39 is 10.0 Å². The van der Waals surface area contributed by atoms with Gasteiger partial charge >= 0.3 is 0 Å². The third-order valence-corrected chi connectivity index (χ3v) is 7.23. The van der Waals surface area contributed by atoms with Crippen LogP contribution in [0.1, 0.15) is 37.1 Å². The Bertz CT molecular complexity index is 1210. The van der Waals surface area contributed by atoms with Gasteiger partial charge in [0.2, 0.25) is 10.0 Å². The second-order valence-corrected chi connectivity index (χ2v) is 9.79. The van der Waals surface area contributed by atoms with Crippen molar-refractivity contribution < 1.29 is 8.42 Å². The lowest BCUT2D eigenvalue weighted by atomic mass is 9.99. The zero-order valence-corrected chi connectivity index (χ0v) is 17.4. The second kappa shape index (κ2) is 7.85. The molecule has 2 aromatic heterocycles. The maximum Gasteiger partial charge on any atom is 0.281 e. The summed E-state index contributed by atoms with van der Waals surface area (Å²) in [6, 6.07) is 7.35. The maximum absolute atomic E-state index is 12.5. The molecule has 0 amide bonds. The molecule has 154 valence electrons. The molecular weight excluding hydrogens is 416 g/mol. The van der Waals surface area contributed by atoms with Crippen molar-refractivity contribution in [2.24, 2.45) is 0 Å². The van der Waals surface area contributed by atoms with Crippen molar-refractivity contribution in [2.45, 2.75) is 32.2 Å². The normalized spacial score (nSPS) is 18.3. The summed E-state index contributed by atoms with van der Waals surface area (Å²) in [6.45, 7) is 2.80. The van der Waals surface area contributed by atoms with E-state index in [1.54, 1.807) is 17.7 Å². The molecule has 0 saturated carbocycles. The number of benzene rings is 1. The number of H-pyrrole nitrogens is 1. The molecule has 0 bridgehead atoms. The molecule has 1 saturated heterocycles. The van der Waals surface area contributed by atoms with E-state index in [2.05, 4.69) is 20.3 Å². The molecule has 3 heterocycles. The summed E-state index contributed by atoms with van der Waals surface area (Å²) < 4.78 is 27.5. The SMILES string of the molecule is CCS(=O)(=O)N1CCC[C@H](c2nc3c(nnn3Cc3cccc(Cl)c3)c(=O)[nH]2)C1. The van der Waals surface area contributed by atoms with Crippen LogP contribution in [0.5, 0.6) is 0 Å². The highest BCUT2D eigenvalue weighted by molar-refractivity contribution is 7.89. The molecule has 3 aromatic rings. The van der Waals surface area contributed by atoms with Crippen LogP contribution in [0.25, 0.3) is 11.2 Å². The molecule has 29 heavy (non-hydrogen) atoms. The van der Waals surface area contributed by atoms with Gasteiger partial charge in [0.15, 0.2) is 11.2 Å². The standard InChI is InChI=1S/C18H21ClN6O3S/c1-2-29(27,28)24-8-4-6-13(11-24)16-20-17-15(18(26)21-16)22-23-25(17)10-12-5-3-7-14(19)9-12/h3,5,7,9,13H,2,4,6,8,10-11H2,1H3,(H,20,21,26)/t13-/m0/s1. The van der Waals surface area contributed by atoms with Gasteiger partial charge in [-0.05, 0) is 37.5 Å². The minimum atomic E-state index is -3.29. The Morgan fingerprint density at radius 1 is 1.34 bits per heavy atom. The third-order valence-electron chi connectivity index (χ3n) is 5.14. The first-order valence-electron chi connectivity index (χ1n) is 9.43. The van der Waals surface area contributed by atoms with Crippen molar-refractivity contribution in [1.29, 1.82) is 0 Å². The molecule has 1 aliphatic heterocycles. The van der Waals surface area contributed by atoms with E-state index in [1.165, 1.54) is 4.31 Å². The van der Waals surface area contributed by atoms with Crippen molar-refractivity contribution in [1.82, 2.24) is 29.3 Å². The van der Waals surface area contributed by atoms with E-state index >= 15 is 0 Å². The highest BCUT2D eigenvalue weighted by Gasteiger charge is 2.30. The smallest absolute Gasteiger partial charge is 0.281 e. The third kappa shape index (κ3) is 4.05. The van der Waals surface area contributed by atoms with Crippen LogP contribution in [0.15, 0.2) is 29.1 Å². The summed E-state index contributed by atoms with van der Waals surface area (Å²) in [5.41, 5.74) is 1.06. The van der Waals surface area contributed by atoms with Crippen LogP contribution in [0.3, 0.4) is 0 Å². The average Bonchev–Trinajstić information content (AvgIpc) is 3.11. The van der Waals surface area contributed by atoms with E-state index in [1.807, 2.05) is 18.2 Å². The summed E-state index contributed by atoms with van der Waals surface area (Å²) in [5, 5.41) is 8.64. The topological polar surface area (TPSA) is 114 Å². The summed E-state index contributed by atoms with van der Waals surface area (Å²) >= 11 is 6.05. The van der Waals surface area contributed by atoms with E-state index in [0.29, 0.717) is 42.5 Å². The number of hydrogen-bond acceptors (Lipinski definition) is 6. The number of piperidine rings is 1. The van der Waals surface area contributed by atoms with E-state index in [-0.39, 0.29) is 22.7 Å². The predicted octanol–water partition coefficient (Wildman–Crippen LogP) is 1.75. The van der Waals surface area contributed by atoms with Crippen molar-refractivity contribution in [3.8, 4) is 0 Å². The number of rotatable bonds is 5. The Kier molecular flexibility index (Phi) is 5.41. The average molecular weight is 437 g/mol. The van der Waals surface area contributed by atoms with Crippen LogP contribution >= 0.6 is 11.6 Å². The number of hydrogen-bond donors (Lipinski definition) is 1. The lowest BCUT2D eigenvalue weighted by Gasteiger charge is -2.31. The number of sulfonamides is 1. The molecule has 1 aromatic carbocycles. The Morgan fingerprint density at radius 3 is 2.93 bits per heavy atom. The molecule has 1 atom stereocenters. The molecule has 4 rings (SSSR count). The highest BCUT2D eigenvalue weighted by Crippen LogP contribution is 2.26. The quantitative estimate of drug-likeness (QED) is 0.651. The van der Waals surface area contributed by atoms with Crippen LogP contribution in [0.4, 0.5) is 0 Å². The van der Waals surface area contributed by atoms with Gasteiger partial charge in [0.05, 0.1) is 12.3 Å². The monoisotopic (exact) mass is 436 g/mol. The van der Waals surface area contributed by atoms with Crippen molar-refractivity contribution in [3.63, 3.8) is 0 Å². The molecule has 1 fully saturated rings. The fourth-order valence-corrected chi connectivity index (χ4v) is 4.98. The maximum atomic E-state index is 12.5. The summed E-state index contributed by atoms with van der Waals surface area (Å²) in [7, 11) is -3.29. The number of halogens is 1. The molecule has 9 nitrogen and oxygen atoms in total. The molecular formula is C18H21ClN6O3S. The van der Waals surface area contributed by atoms with Gasteiger partial charge in [0.1, 0.15) is 5.82 Å². The first-order valence-corrected chi connectivity index (χ1v) is 11.4. The first kappa shape index (κ1) is 20.0. The van der Waals surface area contributed by atoms with Crippen molar-refractivity contribution in [3.05, 3.63) is 51.0 Å². The minimum Gasteiger partial charge on any atom is -0.308 e. The number of nitrogens with zero attached hydrogens (tertiary/aromatic N) is 5. The highest BCUT2D eigenvalue weighted by atomic mass is 35.5. The van der Waals surface area contributed by atoms with Crippen LogP contribution in [-0.2, 0) is 16.6 Å². The lowest BCUT2D eigenvalue weighted by molar-refractivity contribution is 0.309. The van der Waals surface area contributed by atoms with Crippen LogP contribution < -0.4 is 5.56 Å². The lowest BCUT2D eigenvalue weighted by Crippen LogP contribution is -2.40. The Morgan fingerprint density at radius 2 is 2.17 bits per heavy atom. The van der Waals surface area contributed by atoms with Gasteiger partial charge in [-0.3, -0.25) is 4.79 Å². The minimum absolute atomic E-state index is 0.0546. The zero-order valence-electron chi connectivity index (χ0n) is 15.9. The van der Waals surface area contributed by atoms with Gasteiger partial charge in [0.25, 0.3) is 5.56 Å². The fourth-order valence-electron chi connectivity index (χ4n) is 3.59. The summed E-state index contributed by atoms with van der Waals surface area (Å²) in [4.78, 5) is 19.9. The predicted molar refractivity (Wildman–Crippen MR) is 110 cm³/mol. The summed E-state index contributed by atoms with van der Waals surface area (Å²) in [5.74, 6) is 0.337. The van der Waals surface area contributed by atoms with Gasteiger partial charge in [-0.15, -0.1) is 5.10 Å². The Balaban J connectivity index is 1.68. The van der Waals surface area contributed by atoms with Gasteiger partial charge in [-0.2, -0.15) is 0 Å². The van der Waals surface area contributed by atoms with Gasteiger partial charge in [-0.1, -0.05) is 28.9 Å². The van der Waals surface area contributed by atoms with E-state index in [4.69, 9.17) is 11.6 Å². The van der Waals surface area contributed by atoms with Crippen LogP contribution in [0, 0.1) is 0 Å². The molecule has 0 spiro atoms. The molecule has 11 heteroatoms. The van der Waals surface area contributed by atoms with Gasteiger partial charge in [0, 0.05) is 24.0 Å². The number of aromatic amines is 1. The van der Waals surface area contributed by atoms with Crippen molar-refractivity contribution >= 4 is 32.8 Å². The largest absolute Gasteiger partial charge is 0.308 e. The fraction of sp³-hybridized carbons (Fsp3) is 0.444. The first-order chi connectivity index (χ1) is 13.9. The molecule has 0 aliphatic carbocycles. The number of fused-ring (bicyclic) bond motifs is 1. The molecule has 0 radical (unpaired) electrons. The van der Waals surface area contributed by atoms with E-state index in [9.17, 15) is 13.2 Å². The summed E-state index contributed by atoms with van der Waals surface area (Å²) in [6.07, 6.45) is 1.46.